The van der Waals surface area contributed by atoms with Crippen LogP contribution in [0, 0.1) is 0 Å². The highest BCUT2D eigenvalue weighted by Gasteiger charge is 2.05. The fraction of sp³-hybridized carbons (Fsp3) is 0.385. The molecule has 0 atom stereocenters. The van der Waals surface area contributed by atoms with Gasteiger partial charge in [0.1, 0.15) is 0 Å². The van der Waals surface area contributed by atoms with Crippen LogP contribution in [-0.2, 0) is 6.54 Å². The first-order chi connectivity index (χ1) is 7.81. The molecule has 0 aliphatic rings. The van der Waals surface area contributed by atoms with Gasteiger partial charge in [-0.1, -0.05) is 18.2 Å². The second-order valence-electron chi connectivity index (χ2n) is 4.07. The largest absolute Gasteiger partial charge is 0.396 e. The summed E-state index contributed by atoms with van der Waals surface area (Å²) in [4.78, 5) is 2.25. The van der Waals surface area contributed by atoms with Crippen molar-refractivity contribution in [3.05, 3.63) is 35.2 Å². The number of fused-ring (bicyclic) bond motifs is 1. The molecule has 0 spiro atoms. The summed E-state index contributed by atoms with van der Waals surface area (Å²) in [6.07, 6.45) is 0.846. The van der Waals surface area contributed by atoms with Crippen LogP contribution >= 0.6 is 11.3 Å². The lowest BCUT2D eigenvalue weighted by Gasteiger charge is -2.15. The lowest BCUT2D eigenvalue weighted by molar-refractivity contribution is 0.244. The molecule has 1 aromatic heterocycles. The predicted molar refractivity (Wildman–Crippen MR) is 69.9 cm³/mol. The van der Waals surface area contributed by atoms with E-state index in [1.165, 1.54) is 15.6 Å². The summed E-state index contributed by atoms with van der Waals surface area (Å²) in [6, 6.07) is 8.52. The molecule has 0 unspecified atom stereocenters. The van der Waals surface area contributed by atoms with E-state index in [1.807, 2.05) is 0 Å². The zero-order valence-corrected chi connectivity index (χ0v) is 10.3. The van der Waals surface area contributed by atoms with Crippen LogP contribution in [0.25, 0.3) is 10.1 Å². The summed E-state index contributed by atoms with van der Waals surface area (Å²) < 4.78 is 1.35. The quantitative estimate of drug-likeness (QED) is 0.861. The minimum atomic E-state index is 0.273. The van der Waals surface area contributed by atoms with E-state index in [4.69, 9.17) is 5.11 Å². The number of rotatable bonds is 5. The van der Waals surface area contributed by atoms with E-state index in [-0.39, 0.29) is 6.61 Å². The maximum absolute atomic E-state index is 8.79. The van der Waals surface area contributed by atoms with Gasteiger partial charge in [-0.2, -0.15) is 0 Å². The van der Waals surface area contributed by atoms with E-state index >= 15 is 0 Å². The monoisotopic (exact) mass is 235 g/mol. The summed E-state index contributed by atoms with van der Waals surface area (Å²) >= 11 is 1.80. The molecule has 0 saturated heterocycles. The summed E-state index contributed by atoms with van der Waals surface area (Å²) in [5, 5.41) is 12.4. The van der Waals surface area contributed by atoms with E-state index in [0.717, 1.165) is 19.5 Å². The van der Waals surface area contributed by atoms with Gasteiger partial charge in [0.2, 0.25) is 0 Å². The molecule has 0 bridgehead atoms. The van der Waals surface area contributed by atoms with Crippen LogP contribution in [0.2, 0.25) is 0 Å². The molecule has 0 aliphatic heterocycles. The summed E-state index contributed by atoms with van der Waals surface area (Å²) in [7, 11) is 2.10. The average Bonchev–Trinajstić information content (AvgIpc) is 2.70. The van der Waals surface area contributed by atoms with Gasteiger partial charge in [0.05, 0.1) is 0 Å². The molecule has 2 aromatic rings. The number of nitrogens with zero attached hydrogens (tertiary/aromatic N) is 1. The van der Waals surface area contributed by atoms with Crippen LogP contribution in [0.3, 0.4) is 0 Å². The highest BCUT2D eigenvalue weighted by molar-refractivity contribution is 7.17. The molecule has 1 heterocycles. The predicted octanol–water partition coefficient (Wildman–Crippen LogP) is 2.72. The average molecular weight is 235 g/mol. The second-order valence-corrected chi connectivity index (χ2v) is 4.98. The Labute approximate surface area is 100 Å². The van der Waals surface area contributed by atoms with Crippen LogP contribution in [-0.4, -0.2) is 30.2 Å². The summed E-state index contributed by atoms with van der Waals surface area (Å²) in [6.45, 7) is 2.18. The molecule has 1 aromatic carbocycles. The Kier molecular flexibility index (Phi) is 3.93. The van der Waals surface area contributed by atoms with Gasteiger partial charge in [0.15, 0.2) is 0 Å². The Bertz CT molecular complexity index is 452. The summed E-state index contributed by atoms with van der Waals surface area (Å²) in [5.74, 6) is 0. The molecule has 1 N–H and O–H groups in total. The molecule has 0 amide bonds. The summed E-state index contributed by atoms with van der Waals surface area (Å²) in [5.41, 5.74) is 1.39. The van der Waals surface area contributed by atoms with Gasteiger partial charge in [0, 0.05) is 24.4 Å². The van der Waals surface area contributed by atoms with E-state index in [1.54, 1.807) is 11.3 Å². The van der Waals surface area contributed by atoms with Crippen molar-refractivity contribution in [2.24, 2.45) is 0 Å². The number of aliphatic hydroxyl groups excluding tert-OH is 1. The second kappa shape index (κ2) is 5.43. The Morgan fingerprint density at radius 1 is 1.31 bits per heavy atom. The third-order valence-corrected chi connectivity index (χ3v) is 3.71. The van der Waals surface area contributed by atoms with Gasteiger partial charge < -0.3 is 10.0 Å². The molecule has 0 fully saturated rings. The van der Waals surface area contributed by atoms with Crippen molar-refractivity contribution in [1.29, 1.82) is 0 Å². The number of aliphatic hydroxyl groups is 1. The molecule has 86 valence electrons. The fourth-order valence-electron chi connectivity index (χ4n) is 1.87. The van der Waals surface area contributed by atoms with E-state index in [0.29, 0.717) is 0 Å². The van der Waals surface area contributed by atoms with Crippen molar-refractivity contribution in [2.75, 3.05) is 20.2 Å². The van der Waals surface area contributed by atoms with Crippen LogP contribution in [0.1, 0.15) is 12.0 Å². The zero-order chi connectivity index (χ0) is 11.4. The van der Waals surface area contributed by atoms with Crippen molar-refractivity contribution >= 4 is 21.4 Å². The first kappa shape index (κ1) is 11.6. The molecule has 3 heteroatoms. The van der Waals surface area contributed by atoms with E-state index in [2.05, 4.69) is 41.6 Å². The minimum absolute atomic E-state index is 0.273. The van der Waals surface area contributed by atoms with Gasteiger partial charge in [-0.3, -0.25) is 0 Å². The van der Waals surface area contributed by atoms with Gasteiger partial charge in [-0.05, 0) is 35.9 Å². The maximum Gasteiger partial charge on any atom is 0.0443 e. The maximum atomic E-state index is 8.79. The molecule has 0 saturated carbocycles. The topological polar surface area (TPSA) is 23.5 Å². The SMILES string of the molecule is CN(CCCO)Cc1csc2ccccc12. The Balaban J connectivity index is 2.09. The smallest absolute Gasteiger partial charge is 0.0443 e. The standard InChI is InChI=1S/C13H17NOS/c1-14(7-4-8-15)9-11-10-16-13-6-3-2-5-12(11)13/h2-3,5-6,10,15H,4,7-9H2,1H3. The number of thiophene rings is 1. The van der Waals surface area contributed by atoms with Crippen molar-refractivity contribution < 1.29 is 5.11 Å². The van der Waals surface area contributed by atoms with Gasteiger partial charge in [-0.25, -0.2) is 0 Å². The van der Waals surface area contributed by atoms with Crippen molar-refractivity contribution in [3.63, 3.8) is 0 Å². The number of benzene rings is 1. The highest BCUT2D eigenvalue weighted by Crippen LogP contribution is 2.26. The Morgan fingerprint density at radius 3 is 2.94 bits per heavy atom. The van der Waals surface area contributed by atoms with E-state index in [9.17, 15) is 0 Å². The molecular formula is C13H17NOS. The van der Waals surface area contributed by atoms with Crippen LogP contribution < -0.4 is 0 Å². The van der Waals surface area contributed by atoms with Crippen LogP contribution in [0.15, 0.2) is 29.6 Å². The van der Waals surface area contributed by atoms with Crippen molar-refractivity contribution in [3.8, 4) is 0 Å². The minimum Gasteiger partial charge on any atom is -0.396 e. The van der Waals surface area contributed by atoms with Crippen molar-refractivity contribution in [1.82, 2.24) is 4.90 Å². The number of hydrogen-bond acceptors (Lipinski definition) is 3. The van der Waals surface area contributed by atoms with Crippen LogP contribution in [0.4, 0.5) is 0 Å². The first-order valence-corrected chi connectivity index (χ1v) is 6.43. The van der Waals surface area contributed by atoms with Gasteiger partial charge in [-0.15, -0.1) is 11.3 Å². The Morgan fingerprint density at radius 2 is 2.12 bits per heavy atom. The van der Waals surface area contributed by atoms with Gasteiger partial charge in [0.25, 0.3) is 0 Å². The lowest BCUT2D eigenvalue weighted by Crippen LogP contribution is -2.19. The molecular weight excluding hydrogens is 218 g/mol. The van der Waals surface area contributed by atoms with E-state index < -0.39 is 0 Å². The van der Waals surface area contributed by atoms with Crippen molar-refractivity contribution in [2.45, 2.75) is 13.0 Å². The van der Waals surface area contributed by atoms with Crippen LogP contribution in [0.5, 0.6) is 0 Å². The molecule has 0 radical (unpaired) electrons. The molecule has 2 nitrogen and oxygen atoms in total. The third kappa shape index (κ3) is 2.61. The molecule has 0 aliphatic carbocycles. The fourth-order valence-corrected chi connectivity index (χ4v) is 2.82. The lowest BCUT2D eigenvalue weighted by atomic mass is 10.1. The number of hydrogen-bond donors (Lipinski definition) is 1. The first-order valence-electron chi connectivity index (χ1n) is 5.56. The normalized spacial score (nSPS) is 11.4. The Hall–Kier alpha value is -0.900. The molecule has 2 rings (SSSR count). The van der Waals surface area contributed by atoms with Gasteiger partial charge >= 0.3 is 0 Å². The molecule has 16 heavy (non-hydrogen) atoms. The zero-order valence-electron chi connectivity index (χ0n) is 9.52. The highest BCUT2D eigenvalue weighted by atomic mass is 32.1. The third-order valence-electron chi connectivity index (χ3n) is 2.70.